The Morgan fingerprint density at radius 3 is 2.68 bits per heavy atom. The second-order valence-electron chi connectivity index (χ2n) is 4.45. The third-order valence-electron chi connectivity index (χ3n) is 2.62. The molecule has 0 aromatic carbocycles. The standard InChI is InChI=1S/C13H20N2O3S/c1-9(5-6-16)14-13(18)8-11(15-10(2)17)12-4-3-7-19-12/h3-4,7,9,11,16H,5-6,8H2,1-2H3,(H,14,18)(H,15,17). The Kier molecular flexibility index (Phi) is 6.52. The molecular weight excluding hydrogens is 264 g/mol. The van der Waals surface area contributed by atoms with E-state index in [9.17, 15) is 9.59 Å². The van der Waals surface area contributed by atoms with E-state index in [1.165, 1.54) is 18.3 Å². The number of nitrogens with one attached hydrogen (secondary N) is 2. The molecule has 0 saturated carbocycles. The second kappa shape index (κ2) is 7.91. The van der Waals surface area contributed by atoms with Crippen LogP contribution in [-0.4, -0.2) is 29.6 Å². The van der Waals surface area contributed by atoms with Crippen molar-refractivity contribution in [1.82, 2.24) is 10.6 Å². The number of aliphatic hydroxyl groups excluding tert-OH is 1. The number of thiophene rings is 1. The van der Waals surface area contributed by atoms with Crippen LogP contribution in [0.1, 0.15) is 37.6 Å². The highest BCUT2D eigenvalue weighted by Crippen LogP contribution is 2.22. The van der Waals surface area contributed by atoms with Gasteiger partial charge >= 0.3 is 0 Å². The molecule has 1 aromatic heterocycles. The third-order valence-corrected chi connectivity index (χ3v) is 3.61. The van der Waals surface area contributed by atoms with Crippen molar-refractivity contribution in [3.8, 4) is 0 Å². The largest absolute Gasteiger partial charge is 0.396 e. The lowest BCUT2D eigenvalue weighted by molar-refractivity contribution is -0.123. The number of hydrogen-bond acceptors (Lipinski definition) is 4. The lowest BCUT2D eigenvalue weighted by Crippen LogP contribution is -2.36. The molecular formula is C13H20N2O3S. The molecule has 0 aliphatic heterocycles. The van der Waals surface area contributed by atoms with Gasteiger partial charge in [-0.25, -0.2) is 0 Å². The maximum absolute atomic E-state index is 11.9. The first-order valence-electron chi connectivity index (χ1n) is 6.23. The lowest BCUT2D eigenvalue weighted by Gasteiger charge is -2.18. The minimum atomic E-state index is -0.293. The van der Waals surface area contributed by atoms with Crippen molar-refractivity contribution in [3.63, 3.8) is 0 Å². The monoisotopic (exact) mass is 284 g/mol. The molecule has 19 heavy (non-hydrogen) atoms. The van der Waals surface area contributed by atoms with Crippen LogP contribution in [0.2, 0.25) is 0 Å². The number of carbonyl (C=O) groups excluding carboxylic acids is 2. The molecule has 2 unspecified atom stereocenters. The topological polar surface area (TPSA) is 78.4 Å². The van der Waals surface area contributed by atoms with Crippen LogP contribution in [0.25, 0.3) is 0 Å². The van der Waals surface area contributed by atoms with Crippen molar-refractivity contribution < 1.29 is 14.7 Å². The van der Waals surface area contributed by atoms with Crippen LogP contribution < -0.4 is 10.6 Å². The Balaban J connectivity index is 2.57. The number of hydrogen-bond donors (Lipinski definition) is 3. The van der Waals surface area contributed by atoms with Crippen molar-refractivity contribution in [3.05, 3.63) is 22.4 Å². The van der Waals surface area contributed by atoms with Gasteiger partial charge in [0.2, 0.25) is 11.8 Å². The maximum Gasteiger partial charge on any atom is 0.222 e. The van der Waals surface area contributed by atoms with E-state index in [4.69, 9.17) is 5.11 Å². The van der Waals surface area contributed by atoms with Crippen LogP contribution in [0.5, 0.6) is 0 Å². The fourth-order valence-corrected chi connectivity index (χ4v) is 2.52. The zero-order chi connectivity index (χ0) is 14.3. The lowest BCUT2D eigenvalue weighted by atomic mass is 10.1. The highest BCUT2D eigenvalue weighted by molar-refractivity contribution is 7.10. The summed E-state index contributed by atoms with van der Waals surface area (Å²) in [6.45, 7) is 3.32. The molecule has 3 N–H and O–H groups in total. The van der Waals surface area contributed by atoms with Gasteiger partial charge in [-0.05, 0) is 24.8 Å². The van der Waals surface area contributed by atoms with Crippen LogP contribution in [-0.2, 0) is 9.59 Å². The summed E-state index contributed by atoms with van der Waals surface area (Å²) in [7, 11) is 0. The summed E-state index contributed by atoms with van der Waals surface area (Å²) in [4.78, 5) is 24.0. The number of amides is 2. The average molecular weight is 284 g/mol. The van der Waals surface area contributed by atoms with E-state index in [2.05, 4.69) is 10.6 Å². The van der Waals surface area contributed by atoms with Crippen molar-refractivity contribution in [2.24, 2.45) is 0 Å². The van der Waals surface area contributed by atoms with Gasteiger partial charge in [0, 0.05) is 24.4 Å². The molecule has 0 saturated heterocycles. The van der Waals surface area contributed by atoms with Gasteiger partial charge in [-0.3, -0.25) is 9.59 Å². The van der Waals surface area contributed by atoms with Gasteiger partial charge in [0.05, 0.1) is 12.5 Å². The normalized spacial score (nSPS) is 13.6. The quantitative estimate of drug-likeness (QED) is 0.704. The van der Waals surface area contributed by atoms with E-state index in [-0.39, 0.29) is 36.9 Å². The van der Waals surface area contributed by atoms with E-state index in [0.717, 1.165) is 4.88 Å². The van der Waals surface area contributed by atoms with Crippen LogP contribution in [0, 0.1) is 0 Å². The summed E-state index contributed by atoms with van der Waals surface area (Å²) in [6.07, 6.45) is 0.728. The minimum Gasteiger partial charge on any atom is -0.396 e. The van der Waals surface area contributed by atoms with Crippen LogP contribution in [0.3, 0.4) is 0 Å². The maximum atomic E-state index is 11.9. The van der Waals surface area contributed by atoms with E-state index in [1.807, 2.05) is 24.4 Å². The molecule has 1 aromatic rings. The van der Waals surface area contributed by atoms with Crippen LogP contribution in [0.15, 0.2) is 17.5 Å². The van der Waals surface area contributed by atoms with Gasteiger partial charge in [-0.1, -0.05) is 6.07 Å². The first kappa shape index (κ1) is 15.7. The van der Waals surface area contributed by atoms with E-state index in [0.29, 0.717) is 6.42 Å². The van der Waals surface area contributed by atoms with Gasteiger partial charge < -0.3 is 15.7 Å². The summed E-state index contributed by atoms with van der Waals surface area (Å²) in [6, 6.07) is 3.43. The molecule has 2 atom stereocenters. The Bertz CT molecular complexity index is 406. The van der Waals surface area contributed by atoms with Gasteiger partial charge in [-0.2, -0.15) is 0 Å². The molecule has 5 nitrogen and oxygen atoms in total. The highest BCUT2D eigenvalue weighted by atomic mass is 32.1. The average Bonchev–Trinajstić information content (AvgIpc) is 2.80. The first-order valence-corrected chi connectivity index (χ1v) is 7.11. The second-order valence-corrected chi connectivity index (χ2v) is 5.43. The summed E-state index contributed by atoms with van der Waals surface area (Å²) in [5.74, 6) is -0.289. The van der Waals surface area contributed by atoms with Gasteiger partial charge in [0.15, 0.2) is 0 Å². The Morgan fingerprint density at radius 2 is 2.16 bits per heavy atom. The molecule has 0 spiro atoms. The SMILES string of the molecule is CC(=O)NC(CC(=O)NC(C)CCO)c1cccs1. The Labute approximate surface area is 117 Å². The summed E-state index contributed by atoms with van der Waals surface area (Å²) in [5, 5.41) is 16.3. The van der Waals surface area contributed by atoms with E-state index in [1.54, 1.807) is 0 Å². The van der Waals surface area contributed by atoms with Crippen molar-refractivity contribution in [2.75, 3.05) is 6.61 Å². The summed E-state index contributed by atoms with van der Waals surface area (Å²) >= 11 is 1.51. The van der Waals surface area contributed by atoms with Crippen LogP contribution in [0.4, 0.5) is 0 Å². The summed E-state index contributed by atoms with van der Waals surface area (Å²) < 4.78 is 0. The molecule has 106 valence electrons. The zero-order valence-corrected chi connectivity index (χ0v) is 12.0. The van der Waals surface area contributed by atoms with Crippen molar-refractivity contribution >= 4 is 23.2 Å². The molecule has 1 rings (SSSR count). The molecule has 2 amide bonds. The van der Waals surface area contributed by atoms with Crippen LogP contribution >= 0.6 is 11.3 Å². The fraction of sp³-hybridized carbons (Fsp3) is 0.538. The minimum absolute atomic E-state index is 0.0432. The number of aliphatic hydroxyl groups is 1. The summed E-state index contributed by atoms with van der Waals surface area (Å²) in [5.41, 5.74) is 0. The third kappa shape index (κ3) is 5.85. The highest BCUT2D eigenvalue weighted by Gasteiger charge is 2.18. The van der Waals surface area contributed by atoms with E-state index >= 15 is 0 Å². The number of rotatable bonds is 7. The fourth-order valence-electron chi connectivity index (χ4n) is 1.74. The number of carbonyl (C=O) groups is 2. The Hall–Kier alpha value is -1.40. The first-order chi connectivity index (χ1) is 9.02. The van der Waals surface area contributed by atoms with Crippen molar-refractivity contribution in [2.45, 2.75) is 38.8 Å². The Morgan fingerprint density at radius 1 is 1.42 bits per heavy atom. The predicted molar refractivity (Wildman–Crippen MR) is 74.8 cm³/mol. The molecule has 0 aliphatic carbocycles. The van der Waals surface area contributed by atoms with Gasteiger partial charge in [-0.15, -0.1) is 11.3 Å². The molecule has 0 aliphatic rings. The molecule has 0 bridgehead atoms. The van der Waals surface area contributed by atoms with Gasteiger partial charge in [0.1, 0.15) is 0 Å². The predicted octanol–water partition coefficient (Wildman–Crippen LogP) is 1.20. The van der Waals surface area contributed by atoms with E-state index < -0.39 is 0 Å². The molecule has 0 fully saturated rings. The van der Waals surface area contributed by atoms with Crippen molar-refractivity contribution in [1.29, 1.82) is 0 Å². The zero-order valence-electron chi connectivity index (χ0n) is 11.2. The molecule has 0 radical (unpaired) electrons. The molecule has 6 heteroatoms. The van der Waals surface area contributed by atoms with Gasteiger partial charge in [0.25, 0.3) is 0 Å². The smallest absolute Gasteiger partial charge is 0.222 e. The molecule has 1 heterocycles.